The monoisotopic (exact) mass is 229 g/mol. The number of rotatable bonds is 7. The fraction of sp³-hybridized carbons (Fsp3) is 0.455. The van der Waals surface area contributed by atoms with E-state index in [0.29, 0.717) is 33.0 Å². The fourth-order valence-corrected chi connectivity index (χ4v) is 1.29. The maximum Gasteiger partial charge on any atom is 0.0732 e. The topological polar surface area (TPSA) is 44.5 Å². The molecular weight excluding hydrogens is 214 g/mol. The molecule has 0 atom stereocenters. The molecule has 1 aromatic rings. The minimum atomic E-state index is 0.520. The van der Waals surface area contributed by atoms with E-state index in [2.05, 4.69) is 0 Å². The first-order valence-electron chi connectivity index (χ1n) is 4.93. The molecule has 84 valence electrons. The van der Waals surface area contributed by atoms with Crippen molar-refractivity contribution in [1.82, 2.24) is 0 Å². The van der Waals surface area contributed by atoms with E-state index in [4.69, 9.17) is 26.8 Å². The molecule has 0 saturated heterocycles. The molecule has 3 nitrogen and oxygen atoms in total. The van der Waals surface area contributed by atoms with E-state index in [0.717, 1.165) is 10.6 Å². The van der Waals surface area contributed by atoms with Gasteiger partial charge in [-0.25, -0.2) is 0 Å². The summed E-state index contributed by atoms with van der Waals surface area (Å²) in [7, 11) is 0. The van der Waals surface area contributed by atoms with E-state index in [1.807, 2.05) is 24.3 Å². The Bertz CT molecular complexity index is 281. The SMILES string of the molecule is NCCOCCOCc1ccccc1Cl. The number of hydrogen-bond donors (Lipinski definition) is 1. The highest BCUT2D eigenvalue weighted by Gasteiger charge is 1.98. The smallest absolute Gasteiger partial charge is 0.0732 e. The molecule has 0 aliphatic rings. The van der Waals surface area contributed by atoms with Crippen molar-refractivity contribution in [3.63, 3.8) is 0 Å². The molecular formula is C11H16ClNO2. The van der Waals surface area contributed by atoms with Gasteiger partial charge in [-0.3, -0.25) is 0 Å². The van der Waals surface area contributed by atoms with E-state index in [9.17, 15) is 0 Å². The summed E-state index contributed by atoms with van der Waals surface area (Å²) in [6, 6.07) is 7.64. The van der Waals surface area contributed by atoms with Crippen molar-refractivity contribution in [3.8, 4) is 0 Å². The Hall–Kier alpha value is -0.610. The summed E-state index contributed by atoms with van der Waals surface area (Å²) in [5.74, 6) is 0. The average molecular weight is 230 g/mol. The van der Waals surface area contributed by atoms with Crippen molar-refractivity contribution in [1.29, 1.82) is 0 Å². The largest absolute Gasteiger partial charge is 0.378 e. The molecule has 4 heteroatoms. The van der Waals surface area contributed by atoms with E-state index in [-0.39, 0.29) is 0 Å². The Balaban J connectivity index is 2.12. The second-order valence-electron chi connectivity index (χ2n) is 3.05. The molecule has 0 amide bonds. The third-order valence-electron chi connectivity index (χ3n) is 1.85. The first-order chi connectivity index (χ1) is 7.34. The highest BCUT2D eigenvalue weighted by Crippen LogP contribution is 2.15. The molecule has 0 aliphatic heterocycles. The van der Waals surface area contributed by atoms with Crippen LogP contribution >= 0.6 is 11.6 Å². The van der Waals surface area contributed by atoms with Crippen LogP contribution in [0.25, 0.3) is 0 Å². The van der Waals surface area contributed by atoms with Crippen LogP contribution in [0.4, 0.5) is 0 Å². The summed E-state index contributed by atoms with van der Waals surface area (Å²) in [4.78, 5) is 0. The highest BCUT2D eigenvalue weighted by molar-refractivity contribution is 6.31. The van der Waals surface area contributed by atoms with Gasteiger partial charge in [-0.2, -0.15) is 0 Å². The summed E-state index contributed by atoms with van der Waals surface area (Å²) < 4.78 is 10.6. The van der Waals surface area contributed by atoms with Crippen LogP contribution in [0.15, 0.2) is 24.3 Å². The minimum absolute atomic E-state index is 0.520. The van der Waals surface area contributed by atoms with Crippen LogP contribution in [0.2, 0.25) is 5.02 Å². The normalized spacial score (nSPS) is 10.5. The molecule has 0 fully saturated rings. The maximum atomic E-state index is 5.96. The van der Waals surface area contributed by atoms with E-state index in [1.54, 1.807) is 0 Å². The Morgan fingerprint density at radius 3 is 2.53 bits per heavy atom. The van der Waals surface area contributed by atoms with Gasteiger partial charge in [-0.05, 0) is 11.6 Å². The molecule has 0 saturated carbocycles. The number of nitrogens with two attached hydrogens (primary N) is 1. The van der Waals surface area contributed by atoms with Crippen LogP contribution in [0, 0.1) is 0 Å². The van der Waals surface area contributed by atoms with Gasteiger partial charge in [0.1, 0.15) is 0 Å². The molecule has 1 aromatic carbocycles. The van der Waals surface area contributed by atoms with Crippen molar-refractivity contribution in [2.75, 3.05) is 26.4 Å². The summed E-state index contributed by atoms with van der Waals surface area (Å²) in [5, 5.41) is 0.736. The predicted octanol–water partition coefficient (Wildman–Crippen LogP) is 1.83. The van der Waals surface area contributed by atoms with Crippen LogP contribution in [0.3, 0.4) is 0 Å². The Morgan fingerprint density at radius 2 is 1.80 bits per heavy atom. The van der Waals surface area contributed by atoms with E-state index >= 15 is 0 Å². The van der Waals surface area contributed by atoms with Crippen molar-refractivity contribution < 1.29 is 9.47 Å². The Kier molecular flexibility index (Phi) is 6.36. The lowest BCUT2D eigenvalue weighted by Gasteiger charge is -2.06. The van der Waals surface area contributed by atoms with Crippen LogP contribution in [0.1, 0.15) is 5.56 Å². The highest BCUT2D eigenvalue weighted by atomic mass is 35.5. The van der Waals surface area contributed by atoms with Crippen LogP contribution < -0.4 is 5.73 Å². The van der Waals surface area contributed by atoms with Crippen molar-refractivity contribution in [3.05, 3.63) is 34.9 Å². The Labute approximate surface area is 95.1 Å². The van der Waals surface area contributed by atoms with Gasteiger partial charge in [0.05, 0.1) is 26.4 Å². The lowest BCUT2D eigenvalue weighted by atomic mass is 10.2. The third kappa shape index (κ3) is 5.14. The van der Waals surface area contributed by atoms with Crippen LogP contribution in [-0.2, 0) is 16.1 Å². The second-order valence-corrected chi connectivity index (χ2v) is 3.45. The first kappa shape index (κ1) is 12.5. The fourth-order valence-electron chi connectivity index (χ4n) is 1.10. The van der Waals surface area contributed by atoms with Crippen LogP contribution in [0.5, 0.6) is 0 Å². The zero-order valence-corrected chi connectivity index (χ0v) is 9.37. The molecule has 0 radical (unpaired) electrons. The summed E-state index contributed by atoms with van der Waals surface area (Å²) in [5.41, 5.74) is 6.27. The molecule has 0 unspecified atom stereocenters. The molecule has 15 heavy (non-hydrogen) atoms. The minimum Gasteiger partial charge on any atom is -0.378 e. The van der Waals surface area contributed by atoms with Gasteiger partial charge in [-0.15, -0.1) is 0 Å². The number of halogens is 1. The van der Waals surface area contributed by atoms with Crippen molar-refractivity contribution in [2.45, 2.75) is 6.61 Å². The Morgan fingerprint density at radius 1 is 1.07 bits per heavy atom. The zero-order chi connectivity index (χ0) is 10.9. The van der Waals surface area contributed by atoms with Crippen molar-refractivity contribution in [2.24, 2.45) is 5.73 Å². The van der Waals surface area contributed by atoms with Gasteiger partial charge in [0.25, 0.3) is 0 Å². The van der Waals surface area contributed by atoms with Gasteiger partial charge in [0.2, 0.25) is 0 Å². The molecule has 2 N–H and O–H groups in total. The van der Waals surface area contributed by atoms with E-state index in [1.165, 1.54) is 0 Å². The van der Waals surface area contributed by atoms with Gasteiger partial charge in [-0.1, -0.05) is 29.8 Å². The van der Waals surface area contributed by atoms with Gasteiger partial charge in [0.15, 0.2) is 0 Å². The predicted molar refractivity (Wildman–Crippen MR) is 61.0 cm³/mol. The first-order valence-corrected chi connectivity index (χ1v) is 5.31. The zero-order valence-electron chi connectivity index (χ0n) is 8.62. The molecule has 0 bridgehead atoms. The van der Waals surface area contributed by atoms with Gasteiger partial charge < -0.3 is 15.2 Å². The lowest BCUT2D eigenvalue weighted by molar-refractivity contribution is 0.0434. The number of benzene rings is 1. The van der Waals surface area contributed by atoms with E-state index < -0.39 is 0 Å². The summed E-state index contributed by atoms with van der Waals surface area (Å²) in [6.07, 6.45) is 0. The van der Waals surface area contributed by atoms with Gasteiger partial charge >= 0.3 is 0 Å². The molecule has 0 aliphatic carbocycles. The third-order valence-corrected chi connectivity index (χ3v) is 2.22. The molecule has 0 heterocycles. The van der Waals surface area contributed by atoms with Gasteiger partial charge in [0, 0.05) is 11.6 Å². The van der Waals surface area contributed by atoms with Crippen molar-refractivity contribution >= 4 is 11.6 Å². The molecule has 1 rings (SSSR count). The number of hydrogen-bond acceptors (Lipinski definition) is 3. The standard InChI is InChI=1S/C11H16ClNO2/c12-11-4-2-1-3-10(11)9-15-8-7-14-6-5-13/h1-4H,5-9,13H2. The lowest BCUT2D eigenvalue weighted by Crippen LogP contribution is -2.12. The maximum absolute atomic E-state index is 5.96. The quantitative estimate of drug-likeness (QED) is 0.726. The molecule has 0 spiro atoms. The number of ether oxygens (including phenoxy) is 2. The average Bonchev–Trinajstić information content (AvgIpc) is 2.25. The second kappa shape index (κ2) is 7.65. The summed E-state index contributed by atoms with van der Waals surface area (Å²) >= 11 is 5.96. The molecule has 0 aromatic heterocycles. The summed E-state index contributed by atoms with van der Waals surface area (Å²) in [6.45, 7) is 2.78. The van der Waals surface area contributed by atoms with Crippen LogP contribution in [-0.4, -0.2) is 26.4 Å².